The van der Waals surface area contributed by atoms with E-state index in [1.165, 1.54) is 30.4 Å². The van der Waals surface area contributed by atoms with Crippen LogP contribution in [0.15, 0.2) is 30.6 Å². The summed E-state index contributed by atoms with van der Waals surface area (Å²) >= 11 is 0. The highest BCUT2D eigenvalue weighted by molar-refractivity contribution is 5.37. The Labute approximate surface area is 112 Å². The third-order valence-corrected chi connectivity index (χ3v) is 3.41. The van der Waals surface area contributed by atoms with Crippen LogP contribution in [0.2, 0.25) is 0 Å². The van der Waals surface area contributed by atoms with Crippen LogP contribution in [0.4, 0.5) is 5.69 Å². The van der Waals surface area contributed by atoms with E-state index >= 15 is 0 Å². The normalized spacial score (nSPS) is 13.9. The van der Waals surface area contributed by atoms with Crippen molar-refractivity contribution in [2.45, 2.75) is 32.3 Å². The molecule has 0 atom stereocenters. The summed E-state index contributed by atoms with van der Waals surface area (Å²) in [7, 11) is 0. The summed E-state index contributed by atoms with van der Waals surface area (Å²) in [6.07, 6.45) is 8.11. The molecule has 0 saturated heterocycles. The van der Waals surface area contributed by atoms with E-state index in [4.69, 9.17) is 10.5 Å². The van der Waals surface area contributed by atoms with Gasteiger partial charge in [0.15, 0.2) is 5.82 Å². The van der Waals surface area contributed by atoms with Crippen molar-refractivity contribution in [3.63, 3.8) is 0 Å². The molecule has 0 unspecified atom stereocenters. The van der Waals surface area contributed by atoms with Crippen LogP contribution in [-0.4, -0.2) is 9.97 Å². The smallest absolute Gasteiger partial charge is 0.166 e. The van der Waals surface area contributed by atoms with Gasteiger partial charge in [0.1, 0.15) is 12.4 Å². The number of fused-ring (bicyclic) bond motifs is 1. The van der Waals surface area contributed by atoms with Crippen LogP contribution < -0.4 is 10.5 Å². The zero-order valence-corrected chi connectivity index (χ0v) is 10.8. The first-order valence-corrected chi connectivity index (χ1v) is 6.62. The molecule has 0 saturated carbocycles. The number of nitrogens with zero attached hydrogens (tertiary/aromatic N) is 2. The highest BCUT2D eigenvalue weighted by Gasteiger charge is 2.10. The molecule has 1 aliphatic rings. The minimum Gasteiger partial charge on any atom is -0.486 e. The number of rotatable bonds is 3. The summed E-state index contributed by atoms with van der Waals surface area (Å²) in [5.41, 5.74) is 8.99. The number of ether oxygens (including phenoxy) is 1. The lowest BCUT2D eigenvalue weighted by Crippen LogP contribution is -2.05. The molecule has 3 rings (SSSR count). The zero-order valence-electron chi connectivity index (χ0n) is 10.8. The molecule has 0 bridgehead atoms. The zero-order chi connectivity index (χ0) is 13.1. The summed E-state index contributed by atoms with van der Waals surface area (Å²) in [5, 5.41) is 0. The van der Waals surface area contributed by atoms with Gasteiger partial charge >= 0.3 is 0 Å². The van der Waals surface area contributed by atoms with Gasteiger partial charge in [0.05, 0.1) is 18.1 Å². The van der Waals surface area contributed by atoms with E-state index in [0.29, 0.717) is 18.1 Å². The van der Waals surface area contributed by atoms with Crippen LogP contribution in [0.3, 0.4) is 0 Å². The van der Waals surface area contributed by atoms with Crippen molar-refractivity contribution in [1.29, 1.82) is 0 Å². The highest BCUT2D eigenvalue weighted by Crippen LogP contribution is 2.25. The molecule has 0 radical (unpaired) electrons. The van der Waals surface area contributed by atoms with Crippen molar-refractivity contribution in [3.05, 3.63) is 47.5 Å². The molecular formula is C15H17N3O. The van der Waals surface area contributed by atoms with E-state index in [-0.39, 0.29) is 0 Å². The van der Waals surface area contributed by atoms with E-state index in [0.717, 1.165) is 12.2 Å². The van der Waals surface area contributed by atoms with Crippen molar-refractivity contribution in [2.24, 2.45) is 0 Å². The molecule has 1 aromatic heterocycles. The second-order valence-electron chi connectivity index (χ2n) is 4.86. The van der Waals surface area contributed by atoms with Gasteiger partial charge < -0.3 is 10.5 Å². The molecule has 0 amide bonds. The maximum absolute atomic E-state index is 5.73. The number of aromatic nitrogens is 2. The fourth-order valence-corrected chi connectivity index (χ4v) is 2.39. The van der Waals surface area contributed by atoms with Crippen LogP contribution in [0.1, 0.15) is 29.8 Å². The minimum atomic E-state index is 0.374. The number of nitrogens with two attached hydrogens (primary N) is 1. The lowest BCUT2D eigenvalue weighted by atomic mass is 9.92. The van der Waals surface area contributed by atoms with Crippen molar-refractivity contribution in [2.75, 3.05) is 5.73 Å². The summed E-state index contributed by atoms with van der Waals surface area (Å²) in [6.45, 7) is 0.374. The van der Waals surface area contributed by atoms with Gasteiger partial charge in [-0.2, -0.15) is 0 Å². The SMILES string of the molecule is Nc1cnc(COc2ccc3c(c2)CCCC3)nc1. The number of nitrogen functional groups attached to an aromatic ring is 1. The Morgan fingerprint density at radius 3 is 2.58 bits per heavy atom. The molecular weight excluding hydrogens is 238 g/mol. The Morgan fingerprint density at radius 1 is 1.05 bits per heavy atom. The fraction of sp³-hybridized carbons (Fsp3) is 0.333. The van der Waals surface area contributed by atoms with Gasteiger partial charge in [-0.15, -0.1) is 0 Å². The summed E-state index contributed by atoms with van der Waals surface area (Å²) < 4.78 is 5.73. The van der Waals surface area contributed by atoms with Gasteiger partial charge in [-0.25, -0.2) is 9.97 Å². The van der Waals surface area contributed by atoms with Crippen LogP contribution in [0.5, 0.6) is 5.75 Å². The van der Waals surface area contributed by atoms with Crippen molar-refractivity contribution >= 4 is 5.69 Å². The summed E-state index contributed by atoms with van der Waals surface area (Å²) in [4.78, 5) is 8.24. The molecule has 2 aromatic rings. The Morgan fingerprint density at radius 2 is 1.79 bits per heavy atom. The van der Waals surface area contributed by atoms with Gasteiger partial charge in [0.25, 0.3) is 0 Å². The molecule has 4 nitrogen and oxygen atoms in total. The average Bonchev–Trinajstić information content (AvgIpc) is 2.46. The largest absolute Gasteiger partial charge is 0.486 e. The number of hydrogen-bond acceptors (Lipinski definition) is 4. The monoisotopic (exact) mass is 255 g/mol. The van der Waals surface area contributed by atoms with E-state index in [1.807, 2.05) is 6.07 Å². The molecule has 19 heavy (non-hydrogen) atoms. The maximum Gasteiger partial charge on any atom is 0.166 e. The quantitative estimate of drug-likeness (QED) is 0.915. The molecule has 2 N–H and O–H groups in total. The molecule has 0 aliphatic heterocycles. The number of benzene rings is 1. The molecule has 0 fully saturated rings. The molecule has 1 aliphatic carbocycles. The fourth-order valence-electron chi connectivity index (χ4n) is 2.39. The second kappa shape index (κ2) is 5.26. The van der Waals surface area contributed by atoms with Gasteiger partial charge in [0.2, 0.25) is 0 Å². The third kappa shape index (κ3) is 2.84. The van der Waals surface area contributed by atoms with Crippen molar-refractivity contribution in [1.82, 2.24) is 9.97 Å². The second-order valence-corrected chi connectivity index (χ2v) is 4.86. The molecule has 1 aromatic carbocycles. The van der Waals surface area contributed by atoms with Gasteiger partial charge in [0, 0.05) is 0 Å². The van der Waals surface area contributed by atoms with Crippen LogP contribution in [0.25, 0.3) is 0 Å². The van der Waals surface area contributed by atoms with Gasteiger partial charge in [-0.1, -0.05) is 6.07 Å². The Hall–Kier alpha value is -2.10. The minimum absolute atomic E-state index is 0.374. The molecule has 4 heteroatoms. The van der Waals surface area contributed by atoms with E-state index < -0.39 is 0 Å². The van der Waals surface area contributed by atoms with E-state index in [1.54, 1.807) is 12.4 Å². The Bertz CT molecular complexity index is 566. The predicted molar refractivity (Wildman–Crippen MR) is 73.9 cm³/mol. The maximum atomic E-state index is 5.73. The van der Waals surface area contributed by atoms with Crippen molar-refractivity contribution < 1.29 is 4.74 Å². The first-order chi connectivity index (χ1) is 9.31. The topological polar surface area (TPSA) is 61.0 Å². The standard InChI is InChI=1S/C15H17N3O/c16-13-8-17-15(18-9-13)10-19-14-6-5-11-3-1-2-4-12(11)7-14/h5-9H,1-4,10,16H2. The van der Waals surface area contributed by atoms with Crippen molar-refractivity contribution in [3.8, 4) is 5.75 Å². The lowest BCUT2D eigenvalue weighted by molar-refractivity contribution is 0.295. The highest BCUT2D eigenvalue weighted by atomic mass is 16.5. The first kappa shape index (κ1) is 12.0. The van der Waals surface area contributed by atoms with Crippen LogP contribution >= 0.6 is 0 Å². The Balaban J connectivity index is 1.68. The number of anilines is 1. The first-order valence-electron chi connectivity index (χ1n) is 6.62. The Kier molecular flexibility index (Phi) is 3.31. The summed E-state index contributed by atoms with van der Waals surface area (Å²) in [6, 6.07) is 6.35. The summed E-state index contributed by atoms with van der Waals surface area (Å²) in [5.74, 6) is 1.54. The average molecular weight is 255 g/mol. The van der Waals surface area contributed by atoms with Crippen LogP contribution in [-0.2, 0) is 19.4 Å². The molecule has 98 valence electrons. The number of aryl methyl sites for hydroxylation is 2. The molecule has 0 spiro atoms. The van der Waals surface area contributed by atoms with E-state index in [9.17, 15) is 0 Å². The lowest BCUT2D eigenvalue weighted by Gasteiger charge is -2.16. The molecule has 1 heterocycles. The van der Waals surface area contributed by atoms with Gasteiger partial charge in [-0.05, 0) is 48.9 Å². The number of hydrogen-bond donors (Lipinski definition) is 1. The van der Waals surface area contributed by atoms with Gasteiger partial charge in [-0.3, -0.25) is 0 Å². The third-order valence-electron chi connectivity index (χ3n) is 3.41. The van der Waals surface area contributed by atoms with Crippen LogP contribution in [0, 0.1) is 0 Å². The predicted octanol–water partition coefficient (Wildman–Crippen LogP) is 2.52. The van der Waals surface area contributed by atoms with E-state index in [2.05, 4.69) is 22.1 Å².